The van der Waals surface area contributed by atoms with Crippen LogP contribution in [0.25, 0.3) is 0 Å². The van der Waals surface area contributed by atoms with Crippen molar-refractivity contribution >= 4 is 17.5 Å². The maximum Gasteiger partial charge on any atom is 0.270 e. The second-order valence-electron chi connectivity index (χ2n) is 6.55. The maximum atomic E-state index is 12.9. The summed E-state index contributed by atoms with van der Waals surface area (Å²) in [5, 5.41) is 5.70. The van der Waals surface area contributed by atoms with Crippen LogP contribution in [0.4, 0.5) is 10.1 Å². The number of carbonyl (C=O) groups excluding carboxylic acids is 2. The van der Waals surface area contributed by atoms with Gasteiger partial charge in [0, 0.05) is 23.5 Å². The Labute approximate surface area is 152 Å². The topological polar surface area (TPSA) is 71.1 Å². The van der Waals surface area contributed by atoms with Crippen molar-refractivity contribution in [2.24, 2.45) is 0 Å². The summed E-state index contributed by atoms with van der Waals surface area (Å²) < 4.78 is 12.9. The van der Waals surface area contributed by atoms with Gasteiger partial charge < -0.3 is 10.6 Å². The van der Waals surface area contributed by atoms with Gasteiger partial charge in [-0.1, -0.05) is 25.7 Å². The first kappa shape index (κ1) is 18.0. The van der Waals surface area contributed by atoms with Gasteiger partial charge in [0.05, 0.1) is 0 Å². The lowest BCUT2D eigenvalue weighted by Crippen LogP contribution is -2.35. The van der Waals surface area contributed by atoms with Crippen LogP contribution in [0.5, 0.6) is 0 Å². The Kier molecular flexibility index (Phi) is 5.94. The molecule has 2 N–H and O–H groups in total. The third-order valence-corrected chi connectivity index (χ3v) is 4.55. The van der Waals surface area contributed by atoms with E-state index in [4.69, 9.17) is 0 Å². The van der Waals surface area contributed by atoms with Crippen molar-refractivity contribution in [2.45, 2.75) is 44.6 Å². The lowest BCUT2D eigenvalue weighted by molar-refractivity contribution is 0.0928. The molecule has 1 heterocycles. The highest BCUT2D eigenvalue weighted by molar-refractivity contribution is 6.05. The van der Waals surface area contributed by atoms with E-state index in [2.05, 4.69) is 15.6 Å². The number of aromatic nitrogens is 1. The van der Waals surface area contributed by atoms with Gasteiger partial charge in [0.1, 0.15) is 11.5 Å². The number of benzene rings is 1. The summed E-state index contributed by atoms with van der Waals surface area (Å²) in [6.45, 7) is 0. The molecule has 5 nitrogen and oxygen atoms in total. The molecule has 1 aromatic carbocycles. The highest BCUT2D eigenvalue weighted by atomic mass is 19.1. The number of hydrogen-bond acceptors (Lipinski definition) is 3. The zero-order valence-electron chi connectivity index (χ0n) is 14.5. The number of amides is 2. The fourth-order valence-corrected chi connectivity index (χ4v) is 3.12. The molecule has 1 aliphatic rings. The van der Waals surface area contributed by atoms with Crippen molar-refractivity contribution < 1.29 is 14.0 Å². The molecule has 3 rings (SSSR count). The van der Waals surface area contributed by atoms with Crippen LogP contribution >= 0.6 is 0 Å². The molecule has 0 atom stereocenters. The van der Waals surface area contributed by atoms with Crippen LogP contribution in [0, 0.1) is 5.82 Å². The van der Waals surface area contributed by atoms with E-state index in [1.165, 1.54) is 49.4 Å². The van der Waals surface area contributed by atoms with E-state index < -0.39 is 0 Å². The first-order valence-corrected chi connectivity index (χ1v) is 8.95. The summed E-state index contributed by atoms with van der Waals surface area (Å²) >= 11 is 0. The van der Waals surface area contributed by atoms with Crippen LogP contribution in [-0.4, -0.2) is 22.8 Å². The predicted molar refractivity (Wildman–Crippen MR) is 97.5 cm³/mol. The molecule has 0 aliphatic heterocycles. The molecule has 0 unspecified atom stereocenters. The molecule has 1 fully saturated rings. The van der Waals surface area contributed by atoms with E-state index in [-0.39, 0.29) is 29.4 Å². The molecule has 0 bridgehead atoms. The van der Waals surface area contributed by atoms with Gasteiger partial charge in [-0.15, -0.1) is 0 Å². The normalized spacial score (nSPS) is 15.1. The molecule has 136 valence electrons. The maximum absolute atomic E-state index is 12.9. The summed E-state index contributed by atoms with van der Waals surface area (Å²) in [5.41, 5.74) is 1.04. The summed E-state index contributed by atoms with van der Waals surface area (Å²) in [6, 6.07) is 8.69. The number of nitrogens with one attached hydrogen (secondary N) is 2. The first-order chi connectivity index (χ1) is 12.6. The van der Waals surface area contributed by atoms with E-state index in [1.807, 2.05) is 0 Å². The van der Waals surface area contributed by atoms with Gasteiger partial charge in [0.2, 0.25) is 0 Å². The second-order valence-corrected chi connectivity index (χ2v) is 6.55. The number of pyridine rings is 1. The molecule has 26 heavy (non-hydrogen) atoms. The van der Waals surface area contributed by atoms with Gasteiger partial charge in [-0.2, -0.15) is 0 Å². The Bertz CT molecular complexity index is 769. The fourth-order valence-electron chi connectivity index (χ4n) is 3.12. The van der Waals surface area contributed by atoms with Crippen LogP contribution in [-0.2, 0) is 0 Å². The smallest absolute Gasteiger partial charge is 0.270 e. The molecule has 0 radical (unpaired) electrons. The van der Waals surface area contributed by atoms with E-state index in [0.717, 1.165) is 25.7 Å². The van der Waals surface area contributed by atoms with Crippen LogP contribution in [0.1, 0.15) is 59.4 Å². The first-order valence-electron chi connectivity index (χ1n) is 8.95. The molecule has 1 aliphatic carbocycles. The third kappa shape index (κ3) is 4.88. The zero-order chi connectivity index (χ0) is 18.4. The van der Waals surface area contributed by atoms with E-state index in [0.29, 0.717) is 11.3 Å². The summed E-state index contributed by atoms with van der Waals surface area (Å²) in [4.78, 5) is 28.9. The van der Waals surface area contributed by atoms with Gasteiger partial charge in [-0.05, 0) is 49.2 Å². The van der Waals surface area contributed by atoms with Gasteiger partial charge >= 0.3 is 0 Å². The number of rotatable bonds is 4. The molecule has 1 saturated carbocycles. The highest BCUT2D eigenvalue weighted by Crippen LogP contribution is 2.18. The monoisotopic (exact) mass is 355 g/mol. The Balaban J connectivity index is 1.65. The van der Waals surface area contributed by atoms with Crippen LogP contribution in [0.15, 0.2) is 42.6 Å². The van der Waals surface area contributed by atoms with Crippen molar-refractivity contribution in [1.82, 2.24) is 10.3 Å². The van der Waals surface area contributed by atoms with Crippen LogP contribution in [0.2, 0.25) is 0 Å². The van der Waals surface area contributed by atoms with Crippen molar-refractivity contribution in [1.29, 1.82) is 0 Å². The van der Waals surface area contributed by atoms with E-state index in [9.17, 15) is 14.0 Å². The highest BCUT2D eigenvalue weighted by Gasteiger charge is 2.17. The predicted octanol–water partition coefficient (Wildman–Crippen LogP) is 3.93. The van der Waals surface area contributed by atoms with Crippen molar-refractivity contribution in [2.75, 3.05) is 5.32 Å². The van der Waals surface area contributed by atoms with E-state index in [1.54, 1.807) is 6.07 Å². The Morgan fingerprint density at radius 1 is 0.962 bits per heavy atom. The molecular formula is C20H22FN3O2. The SMILES string of the molecule is O=C(Nc1ccc(F)cc1)c1ccnc(C(=O)NC2CCCCCC2)c1. The number of anilines is 1. The molecule has 1 aromatic heterocycles. The average Bonchev–Trinajstić information content (AvgIpc) is 2.92. The van der Waals surface area contributed by atoms with Gasteiger partial charge in [-0.25, -0.2) is 4.39 Å². The standard InChI is InChI=1S/C20H22FN3O2/c21-15-7-9-17(10-8-15)23-19(25)14-11-12-22-18(13-14)20(26)24-16-5-3-1-2-4-6-16/h7-13,16H,1-6H2,(H,23,25)(H,24,26). The minimum absolute atomic E-state index is 0.170. The molecule has 2 amide bonds. The average molecular weight is 355 g/mol. The minimum Gasteiger partial charge on any atom is -0.348 e. The number of hydrogen-bond donors (Lipinski definition) is 2. The molecule has 2 aromatic rings. The Morgan fingerprint density at radius 2 is 1.65 bits per heavy atom. The molecule has 0 saturated heterocycles. The summed E-state index contributed by atoms with van der Waals surface area (Å²) in [7, 11) is 0. The second kappa shape index (κ2) is 8.56. The van der Waals surface area contributed by atoms with Gasteiger partial charge in [0.15, 0.2) is 0 Å². The quantitative estimate of drug-likeness (QED) is 0.817. The van der Waals surface area contributed by atoms with Gasteiger partial charge in [0.25, 0.3) is 11.8 Å². The lowest BCUT2D eigenvalue weighted by atomic mass is 10.1. The molecule has 6 heteroatoms. The Morgan fingerprint density at radius 3 is 2.35 bits per heavy atom. The fraction of sp³-hybridized carbons (Fsp3) is 0.350. The lowest BCUT2D eigenvalue weighted by Gasteiger charge is -2.16. The summed E-state index contributed by atoms with van der Waals surface area (Å²) in [6.07, 6.45) is 8.08. The number of carbonyl (C=O) groups is 2. The molecule has 0 spiro atoms. The van der Waals surface area contributed by atoms with E-state index >= 15 is 0 Å². The van der Waals surface area contributed by atoms with Crippen LogP contribution < -0.4 is 10.6 Å². The summed E-state index contributed by atoms with van der Waals surface area (Å²) in [5.74, 6) is -1.000. The zero-order valence-corrected chi connectivity index (χ0v) is 14.5. The number of nitrogens with zero attached hydrogens (tertiary/aromatic N) is 1. The van der Waals surface area contributed by atoms with Crippen molar-refractivity contribution in [3.63, 3.8) is 0 Å². The van der Waals surface area contributed by atoms with Crippen molar-refractivity contribution in [3.05, 3.63) is 59.7 Å². The third-order valence-electron chi connectivity index (χ3n) is 4.55. The largest absolute Gasteiger partial charge is 0.348 e. The van der Waals surface area contributed by atoms with Crippen molar-refractivity contribution in [3.8, 4) is 0 Å². The minimum atomic E-state index is -0.373. The van der Waals surface area contributed by atoms with Crippen LogP contribution in [0.3, 0.4) is 0 Å². The molecular weight excluding hydrogens is 333 g/mol. The Hall–Kier alpha value is -2.76. The van der Waals surface area contributed by atoms with Gasteiger partial charge in [-0.3, -0.25) is 14.6 Å². The number of halogens is 1.